The van der Waals surface area contributed by atoms with Crippen LogP contribution < -0.4 is 5.32 Å². The molecule has 0 fully saturated rings. The molecule has 2 heterocycles. The van der Waals surface area contributed by atoms with E-state index < -0.39 is 17.6 Å². The van der Waals surface area contributed by atoms with Gasteiger partial charge in [0.2, 0.25) is 5.91 Å². The van der Waals surface area contributed by atoms with Crippen molar-refractivity contribution in [3.63, 3.8) is 0 Å². The molecule has 1 N–H and O–H groups in total. The van der Waals surface area contributed by atoms with Crippen LogP contribution in [-0.2, 0) is 23.9 Å². The van der Waals surface area contributed by atoms with Gasteiger partial charge in [0.25, 0.3) is 0 Å². The third kappa shape index (κ3) is 4.33. The lowest BCUT2D eigenvalue weighted by molar-refractivity contribution is -0.137. The van der Waals surface area contributed by atoms with Crippen molar-refractivity contribution < 1.29 is 18.0 Å². The number of fused-ring (bicyclic) bond motifs is 1. The SMILES string of the molecule is O=C(CSc1nnc2n1CCCCC2)Nc1ccccc1C(F)(F)F. The molecule has 5 nitrogen and oxygen atoms in total. The zero-order valence-corrected chi connectivity index (χ0v) is 14.2. The number of carbonyl (C=O) groups excluding carboxylic acids is 1. The van der Waals surface area contributed by atoms with Gasteiger partial charge in [0.1, 0.15) is 5.82 Å². The summed E-state index contributed by atoms with van der Waals surface area (Å²) in [6.07, 6.45) is -0.427. The van der Waals surface area contributed by atoms with Gasteiger partial charge in [-0.3, -0.25) is 4.79 Å². The molecule has 2 aromatic rings. The highest BCUT2D eigenvalue weighted by Gasteiger charge is 2.33. The Kier molecular flexibility index (Phi) is 5.31. The van der Waals surface area contributed by atoms with E-state index >= 15 is 0 Å². The predicted molar refractivity (Wildman–Crippen MR) is 88.4 cm³/mol. The van der Waals surface area contributed by atoms with Gasteiger partial charge in [0, 0.05) is 13.0 Å². The fraction of sp³-hybridized carbons (Fsp3) is 0.438. The first kappa shape index (κ1) is 17.8. The van der Waals surface area contributed by atoms with E-state index in [0.29, 0.717) is 5.16 Å². The van der Waals surface area contributed by atoms with Crippen LogP contribution in [0.3, 0.4) is 0 Å². The number of nitrogens with one attached hydrogen (secondary N) is 1. The van der Waals surface area contributed by atoms with E-state index in [9.17, 15) is 18.0 Å². The van der Waals surface area contributed by atoms with Gasteiger partial charge in [-0.15, -0.1) is 10.2 Å². The lowest BCUT2D eigenvalue weighted by atomic mass is 10.1. The molecule has 0 radical (unpaired) electrons. The Morgan fingerprint density at radius 3 is 2.80 bits per heavy atom. The summed E-state index contributed by atoms with van der Waals surface area (Å²) in [7, 11) is 0. The zero-order valence-electron chi connectivity index (χ0n) is 13.3. The maximum absolute atomic E-state index is 13.0. The minimum absolute atomic E-state index is 0.0235. The van der Waals surface area contributed by atoms with Gasteiger partial charge >= 0.3 is 6.18 Å². The third-order valence-electron chi connectivity index (χ3n) is 3.91. The molecule has 0 spiro atoms. The largest absolute Gasteiger partial charge is 0.418 e. The number of hydrogen-bond donors (Lipinski definition) is 1. The third-order valence-corrected chi connectivity index (χ3v) is 4.88. The highest BCUT2D eigenvalue weighted by Crippen LogP contribution is 2.34. The molecule has 1 aliphatic rings. The summed E-state index contributed by atoms with van der Waals surface area (Å²) >= 11 is 1.19. The van der Waals surface area contributed by atoms with Crippen LogP contribution in [0.25, 0.3) is 0 Å². The second kappa shape index (κ2) is 7.47. The Hall–Kier alpha value is -2.03. The van der Waals surface area contributed by atoms with E-state index in [-0.39, 0.29) is 11.4 Å². The van der Waals surface area contributed by atoms with Gasteiger partial charge in [-0.25, -0.2) is 0 Å². The Morgan fingerprint density at radius 1 is 1.20 bits per heavy atom. The van der Waals surface area contributed by atoms with Crippen molar-refractivity contribution in [2.45, 2.75) is 43.6 Å². The Bertz CT molecular complexity index is 760. The van der Waals surface area contributed by atoms with Crippen molar-refractivity contribution in [2.75, 3.05) is 11.1 Å². The summed E-state index contributed by atoms with van der Waals surface area (Å²) in [5.41, 5.74) is -1.09. The van der Waals surface area contributed by atoms with Crippen molar-refractivity contribution in [1.82, 2.24) is 14.8 Å². The maximum atomic E-state index is 13.0. The van der Waals surface area contributed by atoms with Gasteiger partial charge in [0.05, 0.1) is 17.0 Å². The molecule has 0 saturated heterocycles. The van der Waals surface area contributed by atoms with Crippen molar-refractivity contribution in [1.29, 1.82) is 0 Å². The standard InChI is InChI=1S/C16H17F3N4OS/c17-16(18,19)11-6-3-4-7-12(11)20-14(24)10-25-15-22-21-13-8-2-1-5-9-23(13)15/h3-4,6-7H,1-2,5,8-10H2,(H,20,24). The van der Waals surface area contributed by atoms with Gasteiger partial charge in [-0.05, 0) is 25.0 Å². The lowest BCUT2D eigenvalue weighted by Crippen LogP contribution is -2.18. The number of halogens is 3. The van der Waals surface area contributed by atoms with Crippen LogP contribution in [0.15, 0.2) is 29.4 Å². The quantitative estimate of drug-likeness (QED) is 0.833. The first-order valence-corrected chi connectivity index (χ1v) is 8.94. The van der Waals surface area contributed by atoms with Crippen molar-refractivity contribution in [2.24, 2.45) is 0 Å². The summed E-state index contributed by atoms with van der Waals surface area (Å²) in [5.74, 6) is 0.375. The Balaban J connectivity index is 1.64. The Labute approximate surface area is 147 Å². The number of anilines is 1. The van der Waals surface area contributed by atoms with E-state index in [2.05, 4.69) is 15.5 Å². The monoisotopic (exact) mass is 370 g/mol. The number of para-hydroxylation sites is 1. The number of nitrogens with zero attached hydrogens (tertiary/aromatic N) is 3. The molecule has 0 saturated carbocycles. The molecule has 1 amide bonds. The number of rotatable bonds is 4. The lowest BCUT2D eigenvalue weighted by Gasteiger charge is -2.13. The van der Waals surface area contributed by atoms with E-state index in [4.69, 9.17) is 0 Å². The van der Waals surface area contributed by atoms with Crippen molar-refractivity contribution in [3.8, 4) is 0 Å². The number of thioether (sulfide) groups is 1. The average molecular weight is 370 g/mol. The molecule has 1 aliphatic heterocycles. The Morgan fingerprint density at radius 2 is 2.00 bits per heavy atom. The summed E-state index contributed by atoms with van der Waals surface area (Å²) in [4.78, 5) is 12.1. The summed E-state index contributed by atoms with van der Waals surface area (Å²) in [6, 6.07) is 4.94. The molecule has 1 aromatic carbocycles. The number of aryl methyl sites for hydroxylation is 1. The molecule has 3 rings (SSSR count). The summed E-state index contributed by atoms with van der Waals surface area (Å²) in [6.45, 7) is 0.809. The maximum Gasteiger partial charge on any atom is 0.418 e. The summed E-state index contributed by atoms with van der Waals surface area (Å²) < 4.78 is 40.9. The van der Waals surface area contributed by atoms with Crippen molar-refractivity contribution in [3.05, 3.63) is 35.7 Å². The zero-order chi connectivity index (χ0) is 17.9. The second-order valence-corrected chi connectivity index (χ2v) is 6.68. The molecule has 134 valence electrons. The smallest absolute Gasteiger partial charge is 0.325 e. The van der Waals surface area contributed by atoms with Gasteiger partial charge < -0.3 is 9.88 Å². The van der Waals surface area contributed by atoms with E-state index in [0.717, 1.165) is 44.1 Å². The number of alkyl halides is 3. The van der Waals surface area contributed by atoms with Gasteiger partial charge in [-0.1, -0.05) is 30.3 Å². The average Bonchev–Trinajstić information content (AvgIpc) is 2.79. The molecule has 9 heteroatoms. The molecule has 0 bridgehead atoms. The topological polar surface area (TPSA) is 59.8 Å². The first-order valence-electron chi connectivity index (χ1n) is 7.96. The van der Waals surface area contributed by atoms with E-state index in [1.54, 1.807) is 0 Å². The predicted octanol–water partition coefficient (Wildman–Crippen LogP) is 3.75. The number of amides is 1. The minimum Gasteiger partial charge on any atom is -0.325 e. The van der Waals surface area contributed by atoms with Crippen LogP contribution in [0.2, 0.25) is 0 Å². The number of aromatic nitrogens is 3. The van der Waals surface area contributed by atoms with Crippen LogP contribution in [-0.4, -0.2) is 26.4 Å². The molecule has 25 heavy (non-hydrogen) atoms. The normalized spacial score (nSPS) is 14.7. The fourth-order valence-electron chi connectivity index (χ4n) is 2.72. The highest BCUT2D eigenvalue weighted by atomic mass is 32.2. The molecule has 0 atom stereocenters. The number of hydrogen-bond acceptors (Lipinski definition) is 4. The molecule has 1 aromatic heterocycles. The van der Waals surface area contributed by atoms with Crippen LogP contribution in [0, 0.1) is 0 Å². The fourth-order valence-corrected chi connectivity index (χ4v) is 3.50. The summed E-state index contributed by atoms with van der Waals surface area (Å²) in [5, 5.41) is 11.2. The molecule has 0 aliphatic carbocycles. The molecular formula is C16H17F3N4OS. The highest BCUT2D eigenvalue weighted by molar-refractivity contribution is 7.99. The molecular weight excluding hydrogens is 353 g/mol. The number of carbonyl (C=O) groups is 1. The molecule has 0 unspecified atom stereocenters. The number of benzene rings is 1. The first-order chi connectivity index (χ1) is 11.9. The van der Waals surface area contributed by atoms with Crippen LogP contribution in [0.4, 0.5) is 18.9 Å². The van der Waals surface area contributed by atoms with Crippen LogP contribution in [0.5, 0.6) is 0 Å². The van der Waals surface area contributed by atoms with E-state index in [1.807, 2.05) is 4.57 Å². The van der Waals surface area contributed by atoms with Crippen LogP contribution >= 0.6 is 11.8 Å². The van der Waals surface area contributed by atoms with E-state index in [1.165, 1.54) is 30.0 Å². The van der Waals surface area contributed by atoms with Gasteiger partial charge in [-0.2, -0.15) is 13.2 Å². The van der Waals surface area contributed by atoms with Crippen molar-refractivity contribution >= 4 is 23.4 Å². The second-order valence-electron chi connectivity index (χ2n) is 5.74. The minimum atomic E-state index is -4.51. The van der Waals surface area contributed by atoms with Gasteiger partial charge in [0.15, 0.2) is 5.16 Å². The van der Waals surface area contributed by atoms with Crippen LogP contribution in [0.1, 0.15) is 30.7 Å².